The molecule has 17 heavy (non-hydrogen) atoms. The number of likely N-dealkylation sites (tertiary alicyclic amines) is 1. The van der Waals surface area contributed by atoms with Crippen molar-refractivity contribution in [2.45, 2.75) is 51.2 Å². The summed E-state index contributed by atoms with van der Waals surface area (Å²) in [5.41, 5.74) is 5.44. The van der Waals surface area contributed by atoms with Crippen LogP contribution in [-0.4, -0.2) is 40.6 Å². The zero-order valence-electron chi connectivity index (χ0n) is 10.9. The van der Waals surface area contributed by atoms with Gasteiger partial charge in [0.15, 0.2) is 0 Å². The maximum atomic E-state index is 12.4. The van der Waals surface area contributed by atoms with Crippen LogP contribution in [0.1, 0.15) is 39.5 Å². The first-order valence-electron chi connectivity index (χ1n) is 6.67. The first-order chi connectivity index (χ1) is 7.91. The van der Waals surface area contributed by atoms with Crippen molar-refractivity contribution in [3.63, 3.8) is 0 Å². The largest absolute Gasteiger partial charge is 0.388 e. The van der Waals surface area contributed by atoms with E-state index in [2.05, 4.69) is 6.92 Å². The number of amides is 1. The van der Waals surface area contributed by atoms with Crippen molar-refractivity contribution in [2.24, 2.45) is 17.6 Å². The third kappa shape index (κ3) is 2.63. The zero-order chi connectivity index (χ0) is 12.6. The summed E-state index contributed by atoms with van der Waals surface area (Å²) in [4.78, 5) is 14.2. The van der Waals surface area contributed by atoms with Gasteiger partial charge >= 0.3 is 0 Å². The van der Waals surface area contributed by atoms with Crippen molar-refractivity contribution in [1.29, 1.82) is 0 Å². The van der Waals surface area contributed by atoms with Gasteiger partial charge in [0.25, 0.3) is 0 Å². The SMILES string of the molecule is CC1CCCC(C(=O)N2CCC(C)(O)C2)C1N. The van der Waals surface area contributed by atoms with Gasteiger partial charge in [-0.25, -0.2) is 0 Å². The molecule has 4 unspecified atom stereocenters. The lowest BCUT2D eigenvalue weighted by Gasteiger charge is -2.35. The number of nitrogens with two attached hydrogens (primary N) is 1. The lowest BCUT2D eigenvalue weighted by Crippen LogP contribution is -2.48. The van der Waals surface area contributed by atoms with E-state index in [4.69, 9.17) is 5.73 Å². The summed E-state index contributed by atoms with van der Waals surface area (Å²) in [6.45, 7) is 5.06. The van der Waals surface area contributed by atoms with Crippen molar-refractivity contribution < 1.29 is 9.90 Å². The standard InChI is InChI=1S/C13H24N2O2/c1-9-4-3-5-10(11(9)14)12(16)15-7-6-13(2,17)8-15/h9-11,17H,3-8,14H2,1-2H3. The van der Waals surface area contributed by atoms with E-state index in [1.165, 1.54) is 0 Å². The zero-order valence-corrected chi connectivity index (χ0v) is 10.9. The van der Waals surface area contributed by atoms with Crippen molar-refractivity contribution in [3.05, 3.63) is 0 Å². The third-order valence-corrected chi connectivity index (χ3v) is 4.38. The van der Waals surface area contributed by atoms with Gasteiger partial charge in [-0.1, -0.05) is 13.3 Å². The molecule has 0 aromatic heterocycles. The minimum absolute atomic E-state index is 0.0122. The van der Waals surface area contributed by atoms with E-state index in [1.807, 2.05) is 0 Å². The fourth-order valence-electron chi connectivity index (χ4n) is 3.10. The van der Waals surface area contributed by atoms with E-state index in [0.29, 0.717) is 25.4 Å². The van der Waals surface area contributed by atoms with Gasteiger partial charge in [-0.2, -0.15) is 0 Å². The normalized spacial score (nSPS) is 42.8. The van der Waals surface area contributed by atoms with Crippen LogP contribution in [0.25, 0.3) is 0 Å². The summed E-state index contributed by atoms with van der Waals surface area (Å²) < 4.78 is 0. The predicted molar refractivity (Wildman–Crippen MR) is 66.3 cm³/mol. The minimum Gasteiger partial charge on any atom is -0.388 e. The molecule has 4 heteroatoms. The van der Waals surface area contributed by atoms with Crippen LogP contribution in [0.2, 0.25) is 0 Å². The van der Waals surface area contributed by atoms with E-state index < -0.39 is 5.60 Å². The Morgan fingerprint density at radius 3 is 2.76 bits per heavy atom. The molecule has 2 fully saturated rings. The number of aliphatic hydroxyl groups is 1. The molecule has 0 aromatic carbocycles. The average molecular weight is 240 g/mol. The highest BCUT2D eigenvalue weighted by Crippen LogP contribution is 2.31. The molecule has 4 atom stereocenters. The lowest BCUT2D eigenvalue weighted by atomic mass is 9.77. The van der Waals surface area contributed by atoms with Crippen molar-refractivity contribution in [1.82, 2.24) is 4.90 Å². The Morgan fingerprint density at radius 1 is 1.47 bits per heavy atom. The Bertz CT molecular complexity index is 304. The number of carbonyl (C=O) groups is 1. The van der Waals surface area contributed by atoms with Crippen LogP contribution in [0.4, 0.5) is 0 Å². The molecule has 1 amide bonds. The van der Waals surface area contributed by atoms with Crippen LogP contribution in [0.5, 0.6) is 0 Å². The van der Waals surface area contributed by atoms with Gasteiger partial charge in [-0.05, 0) is 32.1 Å². The Hall–Kier alpha value is -0.610. The minimum atomic E-state index is -0.708. The molecule has 3 N–H and O–H groups in total. The van der Waals surface area contributed by atoms with E-state index in [1.54, 1.807) is 11.8 Å². The first-order valence-corrected chi connectivity index (χ1v) is 6.67. The molecule has 98 valence electrons. The summed E-state index contributed by atoms with van der Waals surface area (Å²) in [7, 11) is 0. The highest BCUT2D eigenvalue weighted by molar-refractivity contribution is 5.80. The van der Waals surface area contributed by atoms with Gasteiger partial charge in [0.05, 0.1) is 11.5 Å². The fourth-order valence-corrected chi connectivity index (χ4v) is 3.10. The smallest absolute Gasteiger partial charge is 0.227 e. The Labute approximate surface area is 103 Å². The first kappa shape index (κ1) is 12.8. The molecule has 1 heterocycles. The molecule has 0 bridgehead atoms. The number of hydrogen-bond acceptors (Lipinski definition) is 3. The monoisotopic (exact) mass is 240 g/mol. The van der Waals surface area contributed by atoms with Crippen molar-refractivity contribution >= 4 is 5.91 Å². The van der Waals surface area contributed by atoms with Gasteiger partial charge in [-0.15, -0.1) is 0 Å². The van der Waals surface area contributed by atoms with E-state index in [-0.39, 0.29) is 17.9 Å². The summed E-state index contributed by atoms with van der Waals surface area (Å²) in [6.07, 6.45) is 3.80. The second-order valence-electron chi connectivity index (χ2n) is 6.10. The Kier molecular flexibility index (Phi) is 3.46. The van der Waals surface area contributed by atoms with Crippen LogP contribution in [-0.2, 0) is 4.79 Å². The lowest BCUT2D eigenvalue weighted by molar-refractivity contribution is -0.137. The van der Waals surface area contributed by atoms with Gasteiger partial charge in [0, 0.05) is 19.1 Å². The van der Waals surface area contributed by atoms with Crippen LogP contribution < -0.4 is 5.73 Å². The molecule has 1 saturated heterocycles. The van der Waals surface area contributed by atoms with Crippen LogP contribution in [0.3, 0.4) is 0 Å². The molecular weight excluding hydrogens is 216 g/mol. The number of rotatable bonds is 1. The van der Waals surface area contributed by atoms with Crippen molar-refractivity contribution in [2.75, 3.05) is 13.1 Å². The van der Waals surface area contributed by atoms with E-state index in [9.17, 15) is 9.90 Å². The molecule has 1 aliphatic heterocycles. The van der Waals surface area contributed by atoms with Gasteiger partial charge < -0.3 is 15.7 Å². The molecule has 1 saturated carbocycles. The molecule has 2 aliphatic rings. The van der Waals surface area contributed by atoms with Gasteiger partial charge in [0.2, 0.25) is 5.91 Å². The van der Waals surface area contributed by atoms with Gasteiger partial charge in [0.1, 0.15) is 0 Å². The third-order valence-electron chi connectivity index (χ3n) is 4.38. The predicted octanol–water partition coefficient (Wildman–Crippen LogP) is 0.733. The number of carbonyl (C=O) groups excluding carboxylic acids is 1. The summed E-state index contributed by atoms with van der Waals surface area (Å²) in [5, 5.41) is 9.90. The molecule has 0 radical (unpaired) electrons. The summed E-state index contributed by atoms with van der Waals surface area (Å²) in [6, 6.07) is -0.0122. The van der Waals surface area contributed by atoms with Gasteiger partial charge in [-0.3, -0.25) is 4.79 Å². The molecule has 1 aliphatic carbocycles. The second-order valence-corrected chi connectivity index (χ2v) is 6.10. The molecular formula is C13H24N2O2. The Morgan fingerprint density at radius 2 is 2.18 bits per heavy atom. The number of hydrogen-bond donors (Lipinski definition) is 2. The van der Waals surface area contributed by atoms with Crippen molar-refractivity contribution in [3.8, 4) is 0 Å². The van der Waals surface area contributed by atoms with E-state index in [0.717, 1.165) is 19.3 Å². The second kappa shape index (κ2) is 4.58. The maximum Gasteiger partial charge on any atom is 0.227 e. The molecule has 0 aromatic rings. The van der Waals surface area contributed by atoms with Crippen LogP contribution in [0, 0.1) is 11.8 Å². The molecule has 2 rings (SSSR count). The quantitative estimate of drug-likeness (QED) is 0.710. The maximum absolute atomic E-state index is 12.4. The highest BCUT2D eigenvalue weighted by Gasteiger charge is 2.40. The number of nitrogens with zero attached hydrogens (tertiary/aromatic N) is 1. The average Bonchev–Trinajstić information content (AvgIpc) is 2.62. The number of β-amino-alcohol motifs (C(OH)–C–C–N with tert-alkyl or cyclic N) is 1. The molecule has 4 nitrogen and oxygen atoms in total. The van der Waals surface area contributed by atoms with Crippen LogP contribution in [0.15, 0.2) is 0 Å². The molecule has 0 spiro atoms. The topological polar surface area (TPSA) is 66.6 Å². The van der Waals surface area contributed by atoms with E-state index >= 15 is 0 Å². The Balaban J connectivity index is 2.00. The van der Waals surface area contributed by atoms with Crippen LogP contribution >= 0.6 is 0 Å². The highest BCUT2D eigenvalue weighted by atomic mass is 16.3. The summed E-state index contributed by atoms with van der Waals surface area (Å²) >= 11 is 0. The summed E-state index contributed by atoms with van der Waals surface area (Å²) in [5.74, 6) is 0.551. The fraction of sp³-hybridized carbons (Fsp3) is 0.923.